The van der Waals surface area contributed by atoms with Crippen molar-refractivity contribution < 1.29 is 28.6 Å². The molecule has 178 valence electrons. The van der Waals surface area contributed by atoms with Gasteiger partial charge >= 0.3 is 12.1 Å². The zero-order chi connectivity index (χ0) is 24.8. The van der Waals surface area contributed by atoms with E-state index in [1.807, 2.05) is 0 Å². The maximum Gasteiger partial charge on any atom is 0.421 e. The first-order valence-corrected chi connectivity index (χ1v) is 11.1. The van der Waals surface area contributed by atoms with Crippen molar-refractivity contribution in [2.75, 3.05) is 24.7 Å². The Morgan fingerprint density at radius 3 is 2.68 bits per heavy atom. The van der Waals surface area contributed by atoms with Crippen LogP contribution < -0.4 is 10.6 Å². The van der Waals surface area contributed by atoms with Gasteiger partial charge in [0.25, 0.3) is 5.91 Å². The number of nitrogens with zero attached hydrogens (tertiary/aromatic N) is 2. The van der Waals surface area contributed by atoms with Crippen LogP contribution in [0.1, 0.15) is 33.3 Å². The van der Waals surface area contributed by atoms with Gasteiger partial charge < -0.3 is 19.9 Å². The van der Waals surface area contributed by atoms with Gasteiger partial charge in [0.15, 0.2) is 0 Å². The Morgan fingerprint density at radius 1 is 1.32 bits per heavy atom. The van der Waals surface area contributed by atoms with Gasteiger partial charge in [-0.05, 0) is 44.9 Å². The molecule has 2 amide bonds. The number of imide groups is 1. The van der Waals surface area contributed by atoms with Gasteiger partial charge in [0.2, 0.25) is 0 Å². The van der Waals surface area contributed by atoms with Crippen LogP contribution in [0.5, 0.6) is 0 Å². The van der Waals surface area contributed by atoms with E-state index in [1.54, 1.807) is 58.0 Å². The van der Waals surface area contributed by atoms with Crippen molar-refractivity contribution in [1.82, 2.24) is 0 Å². The lowest BCUT2D eigenvalue weighted by molar-refractivity contribution is -0.156. The van der Waals surface area contributed by atoms with E-state index >= 15 is 0 Å². The molecule has 3 aliphatic rings. The van der Waals surface area contributed by atoms with Gasteiger partial charge in [0.05, 0.1) is 37.0 Å². The maximum absolute atomic E-state index is 14.3. The summed E-state index contributed by atoms with van der Waals surface area (Å²) in [5, 5.41) is 10.0. The second-order valence-corrected chi connectivity index (χ2v) is 9.38. The molecule has 4 rings (SSSR count). The second kappa shape index (κ2) is 8.29. The number of ether oxygens (including phenoxy) is 3. The van der Waals surface area contributed by atoms with Crippen LogP contribution in [0.3, 0.4) is 0 Å². The lowest BCUT2D eigenvalue weighted by atomic mass is 9.57. The number of hydrogen-bond donors (Lipinski definition) is 1. The molecule has 0 unspecified atom stereocenters. The molecule has 0 radical (unpaired) electrons. The van der Waals surface area contributed by atoms with Gasteiger partial charge in [-0.25, -0.2) is 9.69 Å². The summed E-state index contributed by atoms with van der Waals surface area (Å²) < 4.78 is 16.5. The minimum absolute atomic E-state index is 0.0817. The molecule has 3 atom stereocenters. The lowest BCUT2D eigenvalue weighted by Gasteiger charge is -2.45. The molecule has 34 heavy (non-hydrogen) atoms. The Balaban J connectivity index is 2.04. The highest BCUT2D eigenvalue weighted by atomic mass is 16.6. The van der Waals surface area contributed by atoms with E-state index in [2.05, 4.69) is 6.07 Å². The van der Waals surface area contributed by atoms with E-state index in [0.29, 0.717) is 11.1 Å². The predicted octanol–water partition coefficient (Wildman–Crippen LogP) is 2.71. The highest BCUT2D eigenvalue weighted by molar-refractivity contribution is 6.24. The summed E-state index contributed by atoms with van der Waals surface area (Å²) in [7, 11) is 0. The van der Waals surface area contributed by atoms with Crippen LogP contribution in [-0.2, 0) is 29.2 Å². The van der Waals surface area contributed by atoms with Crippen molar-refractivity contribution in [3.8, 4) is 6.07 Å². The molecular weight excluding hydrogens is 438 g/mol. The number of nitrogens with two attached hydrogens (primary N) is 1. The minimum atomic E-state index is -1.83. The van der Waals surface area contributed by atoms with Crippen LogP contribution in [0.25, 0.3) is 0 Å². The fraction of sp³-hybridized carbons (Fsp3) is 0.440. The number of nitriles is 1. The molecule has 0 saturated carbocycles. The van der Waals surface area contributed by atoms with Gasteiger partial charge in [-0.3, -0.25) is 9.59 Å². The predicted molar refractivity (Wildman–Crippen MR) is 121 cm³/mol. The molecule has 0 bridgehead atoms. The summed E-state index contributed by atoms with van der Waals surface area (Å²) in [5.74, 6) is -3.21. The van der Waals surface area contributed by atoms with Crippen molar-refractivity contribution in [3.63, 3.8) is 0 Å². The molecule has 0 aromatic heterocycles. The van der Waals surface area contributed by atoms with Crippen LogP contribution in [-0.4, -0.2) is 43.4 Å². The van der Waals surface area contributed by atoms with Crippen molar-refractivity contribution in [2.24, 2.45) is 17.6 Å². The summed E-state index contributed by atoms with van der Waals surface area (Å²) in [6.45, 7) is 7.16. The van der Waals surface area contributed by atoms with Crippen LogP contribution >= 0.6 is 0 Å². The Kier molecular flexibility index (Phi) is 5.74. The van der Waals surface area contributed by atoms with Crippen LogP contribution in [0, 0.1) is 23.2 Å². The number of para-hydroxylation sites is 1. The fourth-order valence-corrected chi connectivity index (χ4v) is 5.12. The number of allylic oxidation sites excluding steroid dienone is 1. The first-order chi connectivity index (χ1) is 16.1. The number of fused-ring (bicyclic) bond motifs is 3. The summed E-state index contributed by atoms with van der Waals surface area (Å²) in [5.41, 5.74) is 5.10. The normalized spacial score (nSPS) is 25.9. The number of benzene rings is 1. The number of esters is 1. The Bertz CT molecular complexity index is 1170. The van der Waals surface area contributed by atoms with E-state index < -0.39 is 40.8 Å². The third kappa shape index (κ3) is 3.29. The average Bonchev–Trinajstić information content (AvgIpc) is 3.03. The molecule has 2 aliphatic heterocycles. The van der Waals surface area contributed by atoms with Crippen molar-refractivity contribution in [3.05, 3.63) is 52.7 Å². The summed E-state index contributed by atoms with van der Waals surface area (Å²) in [6.07, 6.45) is 0.812. The molecule has 1 aromatic carbocycles. The van der Waals surface area contributed by atoms with Crippen LogP contribution in [0.2, 0.25) is 0 Å². The molecule has 0 fully saturated rings. The number of carbonyl (C=O) groups excluding carboxylic acids is 3. The average molecular weight is 466 g/mol. The molecule has 0 saturated heterocycles. The summed E-state index contributed by atoms with van der Waals surface area (Å²) in [6, 6.07) is 8.72. The van der Waals surface area contributed by atoms with E-state index in [4.69, 9.17) is 19.9 Å². The zero-order valence-corrected chi connectivity index (χ0v) is 19.6. The number of rotatable bonds is 2. The second-order valence-electron chi connectivity index (χ2n) is 9.38. The van der Waals surface area contributed by atoms with Gasteiger partial charge in [-0.2, -0.15) is 5.26 Å². The van der Waals surface area contributed by atoms with Crippen LogP contribution in [0.4, 0.5) is 10.5 Å². The first-order valence-electron chi connectivity index (χ1n) is 11.1. The largest absolute Gasteiger partial charge is 0.466 e. The highest BCUT2D eigenvalue weighted by Crippen LogP contribution is 2.57. The molecule has 9 heteroatoms. The van der Waals surface area contributed by atoms with E-state index in [0.717, 1.165) is 4.90 Å². The highest BCUT2D eigenvalue weighted by Gasteiger charge is 2.67. The quantitative estimate of drug-likeness (QED) is 0.660. The SMILES string of the molecule is CCOC(=O)[C@H]1[C@@H]2COCC=C2C(C#N)=C(N)[C@]12C(=O)N(C(=O)OC(C)(C)C)c1ccccc12. The topological polar surface area (TPSA) is 132 Å². The molecule has 1 aliphatic carbocycles. The smallest absolute Gasteiger partial charge is 0.421 e. The maximum atomic E-state index is 14.3. The lowest BCUT2D eigenvalue weighted by Crippen LogP contribution is -2.59. The van der Waals surface area contributed by atoms with Crippen molar-refractivity contribution >= 4 is 23.7 Å². The van der Waals surface area contributed by atoms with Gasteiger partial charge in [0.1, 0.15) is 17.1 Å². The van der Waals surface area contributed by atoms with Gasteiger partial charge in [-0.1, -0.05) is 24.3 Å². The Hall–Kier alpha value is -3.64. The molecule has 1 aromatic rings. The van der Waals surface area contributed by atoms with Crippen molar-refractivity contribution in [2.45, 2.75) is 38.7 Å². The Morgan fingerprint density at radius 2 is 2.03 bits per heavy atom. The third-order valence-corrected chi connectivity index (χ3v) is 6.31. The minimum Gasteiger partial charge on any atom is -0.466 e. The van der Waals surface area contributed by atoms with Gasteiger partial charge in [0, 0.05) is 11.6 Å². The van der Waals surface area contributed by atoms with E-state index in [9.17, 15) is 19.6 Å². The number of hydrogen-bond acceptors (Lipinski definition) is 8. The molecule has 2 N–H and O–H groups in total. The van der Waals surface area contributed by atoms with Crippen LogP contribution in [0.15, 0.2) is 47.2 Å². The number of amides is 2. The summed E-state index contributed by atoms with van der Waals surface area (Å²) >= 11 is 0. The fourth-order valence-electron chi connectivity index (χ4n) is 5.12. The first kappa shape index (κ1) is 23.5. The van der Waals surface area contributed by atoms with Gasteiger partial charge in [-0.15, -0.1) is 0 Å². The number of carbonyl (C=O) groups is 3. The van der Waals surface area contributed by atoms with Crippen molar-refractivity contribution in [1.29, 1.82) is 5.26 Å². The number of anilines is 1. The summed E-state index contributed by atoms with van der Waals surface area (Å²) in [4.78, 5) is 41.8. The standard InChI is InChI=1S/C25H27N3O6/c1-5-33-21(29)19-16-13-32-11-10-14(16)15(12-26)20(27)25(19)17-8-6-7-9-18(17)28(22(25)30)23(31)34-24(2,3)4/h6-10,16,19H,5,11,13,27H2,1-4H3/t16-,19-,25-/m1/s1. The monoisotopic (exact) mass is 465 g/mol. The third-order valence-electron chi connectivity index (χ3n) is 6.31. The molecular formula is C25H27N3O6. The molecule has 2 heterocycles. The zero-order valence-electron chi connectivity index (χ0n) is 19.6. The van der Waals surface area contributed by atoms with E-state index in [-0.39, 0.29) is 36.8 Å². The Labute approximate surface area is 197 Å². The molecule has 1 spiro atoms. The van der Waals surface area contributed by atoms with E-state index in [1.165, 1.54) is 0 Å². The molecule has 9 nitrogen and oxygen atoms in total.